The lowest BCUT2D eigenvalue weighted by Crippen LogP contribution is -2.26. The van der Waals surface area contributed by atoms with E-state index in [2.05, 4.69) is 34.9 Å². The summed E-state index contributed by atoms with van der Waals surface area (Å²) in [6.07, 6.45) is 4.03. The second kappa shape index (κ2) is 7.70. The van der Waals surface area contributed by atoms with Crippen LogP contribution in [0.25, 0.3) is 0 Å². The van der Waals surface area contributed by atoms with E-state index >= 15 is 0 Å². The van der Waals surface area contributed by atoms with Gasteiger partial charge in [0, 0.05) is 29.1 Å². The molecule has 0 aliphatic heterocycles. The number of benzene rings is 2. The van der Waals surface area contributed by atoms with E-state index in [9.17, 15) is 14.4 Å². The van der Waals surface area contributed by atoms with E-state index in [-0.39, 0.29) is 36.1 Å². The van der Waals surface area contributed by atoms with Gasteiger partial charge >= 0.3 is 5.97 Å². The Morgan fingerprint density at radius 2 is 1.83 bits per heavy atom. The molecule has 2 aromatic carbocycles. The minimum atomic E-state index is -0.957. The van der Waals surface area contributed by atoms with Crippen molar-refractivity contribution in [2.45, 2.75) is 37.5 Å². The van der Waals surface area contributed by atoms with E-state index < -0.39 is 5.97 Å². The van der Waals surface area contributed by atoms with Crippen molar-refractivity contribution in [2.75, 3.05) is 11.9 Å². The summed E-state index contributed by atoms with van der Waals surface area (Å²) in [5.74, 6) is -1.27. The highest BCUT2D eigenvalue weighted by molar-refractivity contribution is 5.98. The first kappa shape index (κ1) is 19.2. The summed E-state index contributed by atoms with van der Waals surface area (Å²) >= 11 is 0. The highest BCUT2D eigenvalue weighted by Gasteiger charge is 2.60. The van der Waals surface area contributed by atoms with Crippen molar-refractivity contribution in [2.24, 2.45) is 5.92 Å². The molecule has 0 bridgehead atoms. The smallest absolute Gasteiger partial charge is 0.305 e. The Hall–Kier alpha value is -3.15. The summed E-state index contributed by atoms with van der Waals surface area (Å²) in [6.45, 7) is 0.0812. The first-order valence-corrected chi connectivity index (χ1v) is 9.99. The summed E-state index contributed by atoms with van der Waals surface area (Å²) in [7, 11) is 0. The summed E-state index contributed by atoms with van der Waals surface area (Å²) in [4.78, 5) is 35.4. The lowest BCUT2D eigenvalue weighted by atomic mass is 9.78. The molecule has 6 heteroatoms. The molecule has 6 nitrogen and oxygen atoms in total. The van der Waals surface area contributed by atoms with Gasteiger partial charge in [-0.15, -0.1) is 0 Å². The van der Waals surface area contributed by atoms with E-state index in [1.54, 1.807) is 24.3 Å². The minimum Gasteiger partial charge on any atom is -0.481 e. The lowest BCUT2D eigenvalue weighted by molar-refractivity contribution is -0.136. The van der Waals surface area contributed by atoms with Crippen LogP contribution in [0.2, 0.25) is 0 Å². The molecule has 3 N–H and O–H groups in total. The number of carboxylic acids is 1. The first-order valence-electron chi connectivity index (χ1n) is 9.99. The van der Waals surface area contributed by atoms with Crippen molar-refractivity contribution in [3.05, 3.63) is 65.2 Å². The molecule has 4 rings (SSSR count). The average molecular weight is 392 g/mol. The molecule has 150 valence electrons. The summed E-state index contributed by atoms with van der Waals surface area (Å²) in [5, 5.41) is 14.2. The SMILES string of the molecule is O=C(O)CCNC(=O)c1ccc(NC(=O)C2CC23CCCc2ccccc23)cc1. The fourth-order valence-corrected chi connectivity index (χ4v) is 4.50. The number of aliphatic carboxylic acids is 1. The normalized spacial score (nSPS) is 21.9. The number of amides is 2. The second-order valence-corrected chi connectivity index (χ2v) is 7.89. The van der Waals surface area contributed by atoms with Crippen LogP contribution >= 0.6 is 0 Å². The van der Waals surface area contributed by atoms with Crippen molar-refractivity contribution < 1.29 is 19.5 Å². The van der Waals surface area contributed by atoms with Crippen molar-refractivity contribution in [3.8, 4) is 0 Å². The standard InChI is InChI=1S/C23H24N2O4/c26-20(27)11-13-24-21(28)16-7-9-17(10-8-16)25-22(29)19-14-23(19)12-3-5-15-4-1-2-6-18(15)23/h1-2,4,6-10,19H,3,5,11-14H2,(H,24,28)(H,25,29)(H,26,27). The summed E-state index contributed by atoms with van der Waals surface area (Å²) < 4.78 is 0. The fraction of sp³-hybridized carbons (Fsp3) is 0.348. The number of carboxylic acid groups (broad SMARTS) is 1. The van der Waals surface area contributed by atoms with E-state index in [1.165, 1.54) is 11.1 Å². The highest BCUT2D eigenvalue weighted by Crippen LogP contribution is 2.60. The number of carbonyl (C=O) groups excluding carboxylic acids is 2. The molecule has 0 aromatic heterocycles. The molecule has 2 amide bonds. The number of rotatable bonds is 6. The van der Waals surface area contributed by atoms with Crippen LogP contribution in [0.5, 0.6) is 0 Å². The molecular formula is C23H24N2O4. The molecule has 2 aromatic rings. The van der Waals surface area contributed by atoms with Crippen LogP contribution in [-0.2, 0) is 21.4 Å². The lowest BCUT2D eigenvalue weighted by Gasteiger charge is -2.26. The van der Waals surface area contributed by atoms with E-state index in [4.69, 9.17) is 5.11 Å². The Balaban J connectivity index is 1.37. The minimum absolute atomic E-state index is 0.0110. The zero-order chi connectivity index (χ0) is 20.4. The topological polar surface area (TPSA) is 95.5 Å². The Morgan fingerprint density at radius 3 is 2.59 bits per heavy atom. The van der Waals surface area contributed by atoms with Gasteiger partial charge in [0.25, 0.3) is 5.91 Å². The van der Waals surface area contributed by atoms with Crippen LogP contribution in [0.3, 0.4) is 0 Å². The molecule has 2 aliphatic carbocycles. The Labute approximate surface area is 169 Å². The molecule has 1 saturated carbocycles. The number of fused-ring (bicyclic) bond motifs is 2. The maximum atomic E-state index is 12.8. The van der Waals surface area contributed by atoms with Gasteiger partial charge in [-0.2, -0.15) is 0 Å². The Kier molecular flexibility index (Phi) is 5.09. The van der Waals surface area contributed by atoms with E-state index in [0.717, 1.165) is 25.7 Å². The molecule has 2 atom stereocenters. The van der Waals surface area contributed by atoms with E-state index in [1.807, 2.05) is 0 Å². The monoisotopic (exact) mass is 392 g/mol. The summed E-state index contributed by atoms with van der Waals surface area (Å²) in [6, 6.07) is 15.1. The largest absolute Gasteiger partial charge is 0.481 e. The third kappa shape index (κ3) is 3.88. The zero-order valence-electron chi connectivity index (χ0n) is 16.1. The molecule has 1 fully saturated rings. The Bertz CT molecular complexity index is 954. The molecule has 0 heterocycles. The number of hydrogen-bond donors (Lipinski definition) is 3. The van der Waals surface area contributed by atoms with Gasteiger partial charge in [-0.1, -0.05) is 24.3 Å². The van der Waals surface area contributed by atoms with Gasteiger partial charge in [-0.25, -0.2) is 0 Å². The molecule has 0 radical (unpaired) electrons. The third-order valence-electron chi connectivity index (χ3n) is 6.05. The van der Waals surface area contributed by atoms with Crippen LogP contribution < -0.4 is 10.6 Å². The van der Waals surface area contributed by atoms with Crippen LogP contribution in [0.4, 0.5) is 5.69 Å². The second-order valence-electron chi connectivity index (χ2n) is 7.89. The molecule has 2 aliphatic rings. The van der Waals surface area contributed by atoms with Crippen LogP contribution in [0.1, 0.15) is 47.2 Å². The van der Waals surface area contributed by atoms with Crippen LogP contribution in [0, 0.1) is 5.92 Å². The van der Waals surface area contributed by atoms with Gasteiger partial charge in [0.1, 0.15) is 0 Å². The predicted molar refractivity (Wildman–Crippen MR) is 109 cm³/mol. The first-order chi connectivity index (χ1) is 14.0. The van der Waals surface area contributed by atoms with Crippen LogP contribution in [0.15, 0.2) is 48.5 Å². The van der Waals surface area contributed by atoms with Crippen molar-refractivity contribution in [3.63, 3.8) is 0 Å². The molecule has 29 heavy (non-hydrogen) atoms. The average Bonchev–Trinajstić information content (AvgIpc) is 3.43. The number of aryl methyl sites for hydroxylation is 1. The van der Waals surface area contributed by atoms with Crippen molar-refractivity contribution >= 4 is 23.5 Å². The maximum Gasteiger partial charge on any atom is 0.305 e. The number of nitrogens with one attached hydrogen (secondary N) is 2. The van der Waals surface area contributed by atoms with Crippen molar-refractivity contribution in [1.82, 2.24) is 5.32 Å². The number of carbonyl (C=O) groups is 3. The predicted octanol–water partition coefficient (Wildman–Crippen LogP) is 3.12. The fourth-order valence-electron chi connectivity index (χ4n) is 4.50. The molecule has 0 saturated heterocycles. The maximum absolute atomic E-state index is 12.8. The van der Waals surface area contributed by atoms with Gasteiger partial charge in [-0.05, 0) is 61.1 Å². The third-order valence-corrected chi connectivity index (χ3v) is 6.05. The quantitative estimate of drug-likeness (QED) is 0.704. The summed E-state index contributed by atoms with van der Waals surface area (Å²) in [5.41, 5.74) is 3.77. The molecular weight excluding hydrogens is 368 g/mol. The molecule has 1 spiro atoms. The Morgan fingerprint density at radius 1 is 1.07 bits per heavy atom. The van der Waals surface area contributed by atoms with Gasteiger partial charge in [-0.3, -0.25) is 14.4 Å². The van der Waals surface area contributed by atoms with Crippen molar-refractivity contribution in [1.29, 1.82) is 0 Å². The van der Waals surface area contributed by atoms with Gasteiger partial charge in [0.2, 0.25) is 5.91 Å². The van der Waals surface area contributed by atoms with Gasteiger partial charge in [0.05, 0.1) is 6.42 Å². The van der Waals surface area contributed by atoms with E-state index in [0.29, 0.717) is 11.3 Å². The van der Waals surface area contributed by atoms with Crippen LogP contribution in [-0.4, -0.2) is 29.4 Å². The zero-order valence-corrected chi connectivity index (χ0v) is 16.1. The molecule has 2 unspecified atom stereocenters. The number of anilines is 1. The number of hydrogen-bond acceptors (Lipinski definition) is 3. The highest BCUT2D eigenvalue weighted by atomic mass is 16.4. The van der Waals surface area contributed by atoms with Gasteiger partial charge in [0.15, 0.2) is 0 Å². The van der Waals surface area contributed by atoms with Gasteiger partial charge < -0.3 is 15.7 Å².